The molecule has 3 rings (SSSR count). The highest BCUT2D eigenvalue weighted by molar-refractivity contribution is 7.97. The Hall–Kier alpha value is -2.37. The van der Waals surface area contributed by atoms with Crippen LogP contribution in [-0.4, -0.2) is 46.0 Å². The van der Waals surface area contributed by atoms with E-state index in [0.29, 0.717) is 5.92 Å². The summed E-state index contributed by atoms with van der Waals surface area (Å²) in [6, 6.07) is 6.82. The third kappa shape index (κ3) is 6.15. The lowest BCUT2D eigenvalue weighted by Crippen LogP contribution is -2.40. The largest absolute Gasteiger partial charge is 0.391 e. The maximum absolute atomic E-state index is 12.5. The van der Waals surface area contributed by atoms with Crippen molar-refractivity contribution < 1.29 is 4.21 Å². The number of fused-ring (bicyclic) bond motifs is 1. The Balaban J connectivity index is 1.98. The Morgan fingerprint density at radius 1 is 1.30 bits per heavy atom. The zero-order chi connectivity index (χ0) is 24.0. The second kappa shape index (κ2) is 11.2. The van der Waals surface area contributed by atoms with Crippen LogP contribution < -0.4 is 5.32 Å². The van der Waals surface area contributed by atoms with Crippen molar-refractivity contribution in [2.24, 2.45) is 10.9 Å². The van der Waals surface area contributed by atoms with Gasteiger partial charge in [0.2, 0.25) is 0 Å². The average Bonchev–Trinajstić information content (AvgIpc) is 2.88. The van der Waals surface area contributed by atoms with Crippen LogP contribution in [0.5, 0.6) is 0 Å². The van der Waals surface area contributed by atoms with Gasteiger partial charge in [-0.1, -0.05) is 43.0 Å². The van der Waals surface area contributed by atoms with Crippen molar-refractivity contribution >= 4 is 26.9 Å². The predicted octanol–water partition coefficient (Wildman–Crippen LogP) is 5.49. The number of allylic oxidation sites excluding steroid dienone is 4. The molecule has 2 atom stereocenters. The molecule has 1 aliphatic carbocycles. The first kappa shape index (κ1) is 25.3. The number of nitrogens with one attached hydrogen (secondary N) is 1. The third-order valence-electron chi connectivity index (χ3n) is 6.66. The number of hydrogen-bond donors (Lipinski definition) is 1. The van der Waals surface area contributed by atoms with Crippen LogP contribution in [0.3, 0.4) is 0 Å². The number of aryl methyl sites for hydroxylation is 1. The summed E-state index contributed by atoms with van der Waals surface area (Å²) >= 11 is 0. The summed E-state index contributed by atoms with van der Waals surface area (Å²) in [5.41, 5.74) is 7.23. The van der Waals surface area contributed by atoms with Gasteiger partial charge in [0.15, 0.2) is 0 Å². The van der Waals surface area contributed by atoms with Crippen LogP contribution in [-0.2, 0) is 9.71 Å². The standard InChI is InChI=1S/C28H39N3OS/c1-7-15-29-16-9-10-24-20-22(4)28(30-8-2)27(25-12-11-21(3)19-26(24)25)23-13-17-31(18-14-23)33(5,6)32/h7-8,11-12,15,19-20,23,27,29H,2,4-5,9-10,13-14,16-18H2,1,3,6H3/b15-7-,30-28?. The molecule has 33 heavy (non-hydrogen) atoms. The average molecular weight is 466 g/mol. The van der Waals surface area contributed by atoms with E-state index in [2.05, 4.69) is 55.5 Å². The van der Waals surface area contributed by atoms with E-state index in [0.717, 1.165) is 56.6 Å². The number of rotatable bonds is 8. The van der Waals surface area contributed by atoms with Gasteiger partial charge in [-0.2, -0.15) is 0 Å². The fourth-order valence-corrected chi connectivity index (χ4v) is 6.03. The Morgan fingerprint density at radius 2 is 2.03 bits per heavy atom. The van der Waals surface area contributed by atoms with Crippen LogP contribution in [0, 0.1) is 12.8 Å². The highest BCUT2D eigenvalue weighted by Gasteiger charge is 2.35. The van der Waals surface area contributed by atoms with Crippen LogP contribution in [0.2, 0.25) is 0 Å². The van der Waals surface area contributed by atoms with Crippen molar-refractivity contribution in [3.8, 4) is 0 Å². The van der Waals surface area contributed by atoms with Crippen LogP contribution in [0.4, 0.5) is 0 Å². The molecule has 1 fully saturated rings. The molecule has 0 bridgehead atoms. The lowest BCUT2D eigenvalue weighted by Gasteiger charge is -2.37. The predicted molar refractivity (Wildman–Crippen MR) is 146 cm³/mol. The van der Waals surface area contributed by atoms with Gasteiger partial charge >= 0.3 is 0 Å². The van der Waals surface area contributed by atoms with Crippen molar-refractivity contribution in [3.05, 3.63) is 78.2 Å². The summed E-state index contributed by atoms with van der Waals surface area (Å²) in [6.07, 6.45) is 13.6. The minimum atomic E-state index is -2.17. The van der Waals surface area contributed by atoms with E-state index in [4.69, 9.17) is 4.99 Å². The normalized spacial score (nSPS) is 23.1. The number of benzene rings is 1. The highest BCUT2D eigenvalue weighted by atomic mass is 32.2. The van der Waals surface area contributed by atoms with Gasteiger partial charge in [0.05, 0.1) is 5.71 Å². The van der Waals surface area contributed by atoms with Crippen molar-refractivity contribution in [1.29, 1.82) is 0 Å². The number of aliphatic imine (C=N–C) groups is 1. The van der Waals surface area contributed by atoms with Gasteiger partial charge in [-0.15, -0.1) is 0 Å². The smallest absolute Gasteiger partial charge is 0.0547 e. The van der Waals surface area contributed by atoms with E-state index in [1.807, 2.05) is 23.5 Å². The Kier molecular flexibility index (Phi) is 8.55. The summed E-state index contributed by atoms with van der Waals surface area (Å²) in [5, 5.41) is 3.34. The Labute approximate surface area is 201 Å². The Bertz CT molecular complexity index is 1070. The van der Waals surface area contributed by atoms with Crippen LogP contribution in [0.25, 0.3) is 5.57 Å². The van der Waals surface area contributed by atoms with E-state index in [-0.39, 0.29) is 5.92 Å². The maximum atomic E-state index is 12.5. The van der Waals surface area contributed by atoms with Gasteiger partial charge in [-0.05, 0) is 85.9 Å². The number of hydrogen-bond acceptors (Lipinski definition) is 3. The minimum Gasteiger partial charge on any atom is -0.391 e. The van der Waals surface area contributed by atoms with Crippen molar-refractivity contribution in [1.82, 2.24) is 9.62 Å². The van der Waals surface area contributed by atoms with E-state index >= 15 is 0 Å². The fraction of sp³-hybridized carbons (Fsp3) is 0.429. The first-order valence-electron chi connectivity index (χ1n) is 11.9. The monoisotopic (exact) mass is 465 g/mol. The quantitative estimate of drug-likeness (QED) is 0.407. The van der Waals surface area contributed by atoms with Gasteiger partial charge < -0.3 is 5.32 Å². The lowest BCUT2D eigenvalue weighted by molar-refractivity contribution is 0.273. The molecule has 0 amide bonds. The molecule has 0 radical (unpaired) electrons. The first-order chi connectivity index (χ1) is 15.8. The molecule has 0 spiro atoms. The molecule has 1 aromatic carbocycles. The summed E-state index contributed by atoms with van der Waals surface area (Å²) < 4.78 is 14.5. The zero-order valence-corrected chi connectivity index (χ0v) is 21.3. The molecule has 5 heteroatoms. The SMILES string of the molecule is C=CN=C1C(=C)C=C(CCCN/C=C\C)c2cc(C)ccc2C1C1CCN(S(=C)(C)=O)CC1. The number of piperidine rings is 1. The van der Waals surface area contributed by atoms with Gasteiger partial charge in [-0.3, -0.25) is 9.20 Å². The van der Waals surface area contributed by atoms with Gasteiger partial charge in [-0.25, -0.2) is 4.31 Å². The molecule has 1 N–H and O–H groups in total. The molecule has 2 unspecified atom stereocenters. The third-order valence-corrected chi connectivity index (χ3v) is 8.12. The first-order valence-corrected chi connectivity index (χ1v) is 14.0. The highest BCUT2D eigenvalue weighted by Crippen LogP contribution is 2.43. The molecule has 0 aromatic heterocycles. The zero-order valence-electron chi connectivity index (χ0n) is 20.5. The summed E-state index contributed by atoms with van der Waals surface area (Å²) in [4.78, 5) is 4.76. The molecule has 2 aliphatic rings. The van der Waals surface area contributed by atoms with Gasteiger partial charge in [0, 0.05) is 47.7 Å². The van der Waals surface area contributed by atoms with Crippen LogP contribution >= 0.6 is 0 Å². The van der Waals surface area contributed by atoms with Crippen LogP contribution in [0.15, 0.2) is 66.5 Å². The summed E-state index contributed by atoms with van der Waals surface area (Å²) in [5.74, 6) is 4.45. The topological polar surface area (TPSA) is 44.7 Å². The molecular formula is C28H39N3OS. The lowest BCUT2D eigenvalue weighted by atomic mass is 9.75. The summed E-state index contributed by atoms with van der Waals surface area (Å²) in [6.45, 7) is 15.0. The molecule has 0 saturated carbocycles. The molecular weight excluding hydrogens is 426 g/mol. The van der Waals surface area contributed by atoms with E-state index in [9.17, 15) is 4.21 Å². The van der Waals surface area contributed by atoms with Crippen molar-refractivity contribution in [2.45, 2.75) is 45.4 Å². The fourth-order valence-electron chi connectivity index (χ4n) is 5.05. The van der Waals surface area contributed by atoms with E-state index in [1.54, 1.807) is 12.5 Å². The molecule has 1 heterocycles. The maximum Gasteiger partial charge on any atom is 0.0547 e. The van der Waals surface area contributed by atoms with Crippen molar-refractivity contribution in [2.75, 3.05) is 25.9 Å². The number of nitrogens with zero attached hydrogens (tertiary/aromatic N) is 2. The van der Waals surface area contributed by atoms with Gasteiger partial charge in [0.1, 0.15) is 0 Å². The van der Waals surface area contributed by atoms with Crippen molar-refractivity contribution in [3.63, 3.8) is 0 Å². The van der Waals surface area contributed by atoms with E-state index in [1.165, 1.54) is 22.3 Å². The van der Waals surface area contributed by atoms with Gasteiger partial charge in [0.25, 0.3) is 0 Å². The summed E-state index contributed by atoms with van der Waals surface area (Å²) in [7, 11) is -2.17. The molecule has 178 valence electrons. The second-order valence-corrected chi connectivity index (χ2v) is 11.7. The molecule has 1 aromatic rings. The van der Waals surface area contributed by atoms with Crippen LogP contribution in [0.1, 0.15) is 55.2 Å². The Morgan fingerprint density at radius 3 is 2.67 bits per heavy atom. The molecule has 4 nitrogen and oxygen atoms in total. The molecule has 1 saturated heterocycles. The molecule has 1 aliphatic heterocycles. The second-order valence-electron chi connectivity index (χ2n) is 9.24. The van der Waals surface area contributed by atoms with E-state index < -0.39 is 9.71 Å². The minimum absolute atomic E-state index is 0.154.